The third kappa shape index (κ3) is 4.11. The Kier molecular flexibility index (Phi) is 7.11. The van der Waals surface area contributed by atoms with Gasteiger partial charge in [0.15, 0.2) is 0 Å². The molecule has 0 atom stereocenters. The van der Waals surface area contributed by atoms with Gasteiger partial charge >= 0.3 is 6.03 Å². The second-order valence-electron chi connectivity index (χ2n) is 10.5. The Balaban J connectivity index is 1.64. The number of para-hydroxylation sites is 1. The van der Waals surface area contributed by atoms with E-state index in [2.05, 4.69) is 54.9 Å². The predicted molar refractivity (Wildman–Crippen MR) is 168 cm³/mol. The third-order valence-corrected chi connectivity index (χ3v) is 8.50. The van der Waals surface area contributed by atoms with Gasteiger partial charge in [-0.2, -0.15) is 0 Å². The van der Waals surface area contributed by atoms with Crippen molar-refractivity contribution in [2.75, 3.05) is 41.3 Å². The number of benzene rings is 4. The topological polar surface area (TPSA) is 65.1 Å². The largest absolute Gasteiger partial charge is 0.456 e. The fourth-order valence-electron chi connectivity index (χ4n) is 6.48. The lowest BCUT2D eigenvalue weighted by atomic mass is 9.74. The van der Waals surface area contributed by atoms with E-state index in [0.29, 0.717) is 22.7 Å². The zero-order valence-electron chi connectivity index (χ0n) is 24.6. The van der Waals surface area contributed by atoms with Crippen molar-refractivity contribution in [2.24, 2.45) is 0 Å². The molecule has 2 aliphatic rings. The molecule has 1 spiro atoms. The minimum absolute atomic E-state index is 0.349. The van der Waals surface area contributed by atoms with E-state index in [-0.39, 0.29) is 5.91 Å². The molecule has 1 N–H and O–H groups in total. The van der Waals surface area contributed by atoms with Gasteiger partial charge in [0.25, 0.3) is 5.91 Å². The van der Waals surface area contributed by atoms with E-state index in [9.17, 15) is 9.59 Å². The number of hydrogen-bond acceptors (Lipinski definition) is 5. The van der Waals surface area contributed by atoms with Gasteiger partial charge in [-0.05, 0) is 58.0 Å². The van der Waals surface area contributed by atoms with Crippen LogP contribution in [-0.2, 0) is 5.54 Å². The standard InChI is InChI=1S/C35H36N4O3/c1-5-37(6-2)25-18-20-29-31(22-25)42-32-23-26(38(7-3)8-4)19-21-30(32)35(29)28-17-13-12-16-27(28)33(40)39(35)34(41)36-24-14-10-9-11-15-24/h9-23H,5-8H2,1-4H3,(H,36,41). The first-order valence-corrected chi connectivity index (χ1v) is 14.7. The first-order valence-electron chi connectivity index (χ1n) is 14.7. The number of fused-ring (bicyclic) bond motifs is 6. The SMILES string of the molecule is CCN(CC)c1ccc2c(c1)Oc1cc(N(CC)CC)ccc1C21c2ccccc2C(=O)N1C(=O)Nc1ccccc1. The highest BCUT2D eigenvalue weighted by molar-refractivity contribution is 6.14. The number of ether oxygens (including phenoxy) is 1. The number of carbonyl (C=O) groups is 2. The maximum absolute atomic E-state index is 14.3. The van der Waals surface area contributed by atoms with Gasteiger partial charge in [0.1, 0.15) is 17.0 Å². The van der Waals surface area contributed by atoms with Gasteiger partial charge in [-0.15, -0.1) is 0 Å². The summed E-state index contributed by atoms with van der Waals surface area (Å²) in [6, 6.07) is 28.5. The first kappa shape index (κ1) is 27.4. The molecule has 0 saturated heterocycles. The van der Waals surface area contributed by atoms with Crippen LogP contribution < -0.4 is 19.9 Å². The van der Waals surface area contributed by atoms with Crippen LogP contribution in [-0.4, -0.2) is 43.0 Å². The summed E-state index contributed by atoms with van der Waals surface area (Å²) in [6.45, 7) is 11.9. The molecule has 0 radical (unpaired) electrons. The van der Waals surface area contributed by atoms with Gasteiger partial charge in [0.2, 0.25) is 0 Å². The average Bonchev–Trinajstić information content (AvgIpc) is 3.27. The monoisotopic (exact) mass is 560 g/mol. The molecule has 42 heavy (non-hydrogen) atoms. The van der Waals surface area contributed by atoms with Crippen LogP contribution in [0.15, 0.2) is 91.0 Å². The maximum atomic E-state index is 14.3. The molecule has 0 aromatic heterocycles. The summed E-state index contributed by atoms with van der Waals surface area (Å²) in [4.78, 5) is 34.4. The lowest BCUT2D eigenvalue weighted by molar-refractivity contribution is 0.0754. The van der Waals surface area contributed by atoms with Crippen molar-refractivity contribution in [2.45, 2.75) is 33.2 Å². The summed E-state index contributed by atoms with van der Waals surface area (Å²) in [7, 11) is 0. The second-order valence-corrected chi connectivity index (χ2v) is 10.5. The van der Waals surface area contributed by atoms with Gasteiger partial charge in [-0.25, -0.2) is 9.69 Å². The lowest BCUT2D eigenvalue weighted by Crippen LogP contribution is -2.52. The lowest BCUT2D eigenvalue weighted by Gasteiger charge is -2.43. The second kappa shape index (κ2) is 10.9. The molecule has 0 aliphatic carbocycles. The molecule has 0 bridgehead atoms. The first-order chi connectivity index (χ1) is 20.5. The van der Waals surface area contributed by atoms with Crippen molar-refractivity contribution in [3.05, 3.63) is 113 Å². The van der Waals surface area contributed by atoms with Crippen molar-refractivity contribution in [3.63, 3.8) is 0 Å². The normalized spacial score (nSPS) is 14.1. The fourth-order valence-corrected chi connectivity index (χ4v) is 6.48. The molecular formula is C35H36N4O3. The van der Waals surface area contributed by atoms with Crippen LogP contribution in [0.3, 0.4) is 0 Å². The fraction of sp³-hybridized carbons (Fsp3) is 0.257. The van der Waals surface area contributed by atoms with E-state index in [1.165, 1.54) is 4.90 Å². The van der Waals surface area contributed by atoms with Gasteiger partial charge in [0.05, 0.1) is 0 Å². The molecule has 0 fully saturated rings. The Labute approximate surface area is 247 Å². The van der Waals surface area contributed by atoms with E-state index in [1.54, 1.807) is 6.07 Å². The summed E-state index contributed by atoms with van der Waals surface area (Å²) in [5.74, 6) is 0.912. The van der Waals surface area contributed by atoms with Crippen LogP contribution in [0.4, 0.5) is 21.9 Å². The van der Waals surface area contributed by atoms with Gasteiger partial charge in [0, 0.05) is 77.6 Å². The van der Waals surface area contributed by atoms with Crippen molar-refractivity contribution in [3.8, 4) is 11.5 Å². The zero-order valence-corrected chi connectivity index (χ0v) is 24.6. The molecule has 0 unspecified atom stereocenters. The van der Waals surface area contributed by atoms with Crippen molar-refractivity contribution in [1.82, 2.24) is 4.90 Å². The number of nitrogens with one attached hydrogen (secondary N) is 1. The predicted octanol–water partition coefficient (Wildman–Crippen LogP) is 7.46. The van der Waals surface area contributed by atoms with E-state index in [0.717, 1.165) is 54.2 Å². The van der Waals surface area contributed by atoms with Crippen molar-refractivity contribution in [1.29, 1.82) is 0 Å². The summed E-state index contributed by atoms with van der Waals surface area (Å²) < 4.78 is 6.70. The minimum atomic E-state index is -1.22. The molecule has 3 amide bonds. The van der Waals surface area contributed by atoms with Crippen molar-refractivity contribution >= 4 is 29.0 Å². The van der Waals surface area contributed by atoms with Gasteiger partial charge in [-0.1, -0.05) is 48.5 Å². The highest BCUT2D eigenvalue weighted by Gasteiger charge is 2.59. The number of carbonyl (C=O) groups excluding carboxylic acids is 2. The number of anilines is 3. The van der Waals surface area contributed by atoms with Crippen LogP contribution in [0.2, 0.25) is 0 Å². The molecule has 4 aromatic rings. The number of amides is 3. The molecule has 6 rings (SSSR count). The number of rotatable bonds is 7. The van der Waals surface area contributed by atoms with Gasteiger partial charge < -0.3 is 19.9 Å². The molecule has 0 saturated carbocycles. The molecule has 214 valence electrons. The Hall–Kier alpha value is -4.78. The molecule has 4 aromatic carbocycles. The van der Waals surface area contributed by atoms with Crippen LogP contribution >= 0.6 is 0 Å². The number of hydrogen-bond donors (Lipinski definition) is 1. The quantitative estimate of drug-likeness (QED) is 0.254. The van der Waals surface area contributed by atoms with E-state index < -0.39 is 11.6 Å². The Morgan fingerprint density at radius 3 is 1.79 bits per heavy atom. The highest BCUT2D eigenvalue weighted by atomic mass is 16.5. The van der Waals surface area contributed by atoms with Crippen molar-refractivity contribution < 1.29 is 14.3 Å². The molecule has 7 heteroatoms. The third-order valence-electron chi connectivity index (χ3n) is 8.50. The number of nitrogens with zero attached hydrogens (tertiary/aromatic N) is 3. The van der Waals surface area contributed by atoms with E-state index >= 15 is 0 Å². The van der Waals surface area contributed by atoms with Gasteiger partial charge in [-0.3, -0.25) is 4.79 Å². The molecule has 7 nitrogen and oxygen atoms in total. The Bertz CT molecular complexity index is 1580. The van der Waals surface area contributed by atoms with Crippen LogP contribution in [0, 0.1) is 0 Å². The average molecular weight is 561 g/mol. The van der Waals surface area contributed by atoms with Crippen LogP contribution in [0.25, 0.3) is 0 Å². The Morgan fingerprint density at radius 1 is 0.714 bits per heavy atom. The molecule has 2 aliphatic heterocycles. The smallest absolute Gasteiger partial charge is 0.330 e. The molecular weight excluding hydrogens is 524 g/mol. The Morgan fingerprint density at radius 2 is 1.24 bits per heavy atom. The summed E-state index contributed by atoms with van der Waals surface area (Å²) in [5.41, 5.74) is 4.20. The van der Waals surface area contributed by atoms with Crippen LogP contribution in [0.5, 0.6) is 11.5 Å². The van der Waals surface area contributed by atoms with E-state index in [1.807, 2.05) is 72.8 Å². The maximum Gasteiger partial charge on any atom is 0.330 e. The molecule has 2 heterocycles. The summed E-state index contributed by atoms with van der Waals surface area (Å²) >= 11 is 0. The number of imide groups is 1. The summed E-state index contributed by atoms with van der Waals surface area (Å²) in [6.07, 6.45) is 0. The highest BCUT2D eigenvalue weighted by Crippen LogP contribution is 2.58. The van der Waals surface area contributed by atoms with Crippen LogP contribution in [0.1, 0.15) is 54.7 Å². The van der Waals surface area contributed by atoms with E-state index in [4.69, 9.17) is 4.74 Å². The summed E-state index contributed by atoms with van der Waals surface area (Å²) in [5, 5.41) is 2.99. The zero-order chi connectivity index (χ0) is 29.4. The number of urea groups is 1. The minimum Gasteiger partial charge on any atom is -0.456 e.